The number of hydrogen-bond acceptors (Lipinski definition) is 3. The van der Waals surface area contributed by atoms with Gasteiger partial charge in [0.15, 0.2) is 11.6 Å². The first-order valence-electron chi connectivity index (χ1n) is 6.05. The van der Waals surface area contributed by atoms with Gasteiger partial charge in [0.1, 0.15) is 5.82 Å². The number of benzene rings is 2. The second kappa shape index (κ2) is 6.36. The maximum Gasteiger partial charge on any atom is 0.269 e. The van der Waals surface area contributed by atoms with Crippen molar-refractivity contribution in [2.75, 3.05) is 0 Å². The molecule has 0 aliphatic carbocycles. The predicted octanol–water partition coefficient (Wildman–Crippen LogP) is 3.30. The molecule has 0 unspecified atom stereocenters. The molecule has 0 aliphatic heterocycles. The summed E-state index contributed by atoms with van der Waals surface area (Å²) in [6.07, 6.45) is 0. The van der Waals surface area contributed by atoms with Crippen molar-refractivity contribution in [1.29, 1.82) is 0 Å². The van der Waals surface area contributed by atoms with Gasteiger partial charge in [0.25, 0.3) is 5.69 Å². The highest BCUT2D eigenvalue weighted by Crippen LogP contribution is 2.14. The first kappa shape index (κ1) is 15.0. The van der Waals surface area contributed by atoms with Gasteiger partial charge in [-0.05, 0) is 11.6 Å². The van der Waals surface area contributed by atoms with Crippen LogP contribution < -0.4 is 5.32 Å². The highest BCUT2D eigenvalue weighted by molar-refractivity contribution is 5.32. The topological polar surface area (TPSA) is 55.2 Å². The first-order valence-corrected chi connectivity index (χ1v) is 6.05. The lowest BCUT2D eigenvalue weighted by atomic mass is 10.1. The van der Waals surface area contributed by atoms with Gasteiger partial charge in [0, 0.05) is 36.9 Å². The van der Waals surface area contributed by atoms with Crippen LogP contribution in [0.4, 0.5) is 18.9 Å². The van der Waals surface area contributed by atoms with E-state index in [0.717, 1.165) is 11.6 Å². The van der Waals surface area contributed by atoms with E-state index >= 15 is 0 Å². The fourth-order valence-corrected chi connectivity index (χ4v) is 1.78. The number of rotatable bonds is 5. The Kier molecular flexibility index (Phi) is 4.54. The van der Waals surface area contributed by atoms with Crippen LogP contribution >= 0.6 is 0 Å². The number of hydrogen-bond donors (Lipinski definition) is 1. The van der Waals surface area contributed by atoms with Gasteiger partial charge in [-0.3, -0.25) is 10.1 Å². The van der Waals surface area contributed by atoms with Crippen molar-refractivity contribution in [3.63, 3.8) is 0 Å². The molecule has 0 radical (unpaired) electrons. The number of nitro groups is 1. The molecule has 2 aromatic carbocycles. The summed E-state index contributed by atoms with van der Waals surface area (Å²) in [7, 11) is 0. The Morgan fingerprint density at radius 2 is 1.57 bits per heavy atom. The third-order valence-corrected chi connectivity index (χ3v) is 2.88. The van der Waals surface area contributed by atoms with Crippen molar-refractivity contribution in [2.45, 2.75) is 13.1 Å². The van der Waals surface area contributed by atoms with Crippen LogP contribution in [0.1, 0.15) is 11.1 Å². The summed E-state index contributed by atoms with van der Waals surface area (Å²) >= 11 is 0. The van der Waals surface area contributed by atoms with E-state index in [2.05, 4.69) is 5.32 Å². The van der Waals surface area contributed by atoms with Gasteiger partial charge >= 0.3 is 0 Å². The molecule has 0 aliphatic rings. The van der Waals surface area contributed by atoms with Crippen LogP contribution in [0.5, 0.6) is 0 Å². The fraction of sp³-hybridized carbons (Fsp3) is 0.143. The number of nitrogens with zero attached hydrogens (tertiary/aromatic N) is 1. The lowest BCUT2D eigenvalue weighted by Crippen LogP contribution is -2.14. The van der Waals surface area contributed by atoms with E-state index in [1.54, 1.807) is 12.1 Å². The quantitative estimate of drug-likeness (QED) is 0.523. The smallest absolute Gasteiger partial charge is 0.269 e. The maximum absolute atomic E-state index is 13.4. The van der Waals surface area contributed by atoms with Gasteiger partial charge in [-0.25, -0.2) is 13.2 Å². The normalized spacial score (nSPS) is 10.6. The summed E-state index contributed by atoms with van der Waals surface area (Å²) < 4.78 is 39.1. The van der Waals surface area contributed by atoms with Crippen molar-refractivity contribution in [3.8, 4) is 0 Å². The molecular weight excluding hydrogens is 285 g/mol. The van der Waals surface area contributed by atoms with E-state index < -0.39 is 22.4 Å². The predicted molar refractivity (Wildman–Crippen MR) is 70.0 cm³/mol. The lowest BCUT2D eigenvalue weighted by molar-refractivity contribution is -0.384. The minimum atomic E-state index is -1.23. The lowest BCUT2D eigenvalue weighted by Gasteiger charge is -2.07. The molecule has 0 saturated carbocycles. The average molecular weight is 296 g/mol. The molecule has 0 fully saturated rings. The molecule has 0 spiro atoms. The zero-order valence-electron chi connectivity index (χ0n) is 10.8. The van der Waals surface area contributed by atoms with Crippen LogP contribution in [0, 0.1) is 27.6 Å². The number of halogens is 3. The molecule has 7 heteroatoms. The second-order valence-electron chi connectivity index (χ2n) is 4.38. The van der Waals surface area contributed by atoms with Crippen LogP contribution in [0.15, 0.2) is 36.4 Å². The molecule has 4 nitrogen and oxygen atoms in total. The molecule has 110 valence electrons. The Balaban J connectivity index is 1.95. The summed E-state index contributed by atoms with van der Waals surface area (Å²) in [5.41, 5.74) is 0.741. The van der Waals surface area contributed by atoms with E-state index in [1.165, 1.54) is 12.1 Å². The van der Waals surface area contributed by atoms with E-state index in [0.29, 0.717) is 12.6 Å². The average Bonchev–Trinajstić information content (AvgIpc) is 2.45. The van der Waals surface area contributed by atoms with Crippen LogP contribution in [0.2, 0.25) is 0 Å². The highest BCUT2D eigenvalue weighted by Gasteiger charge is 2.09. The second-order valence-corrected chi connectivity index (χ2v) is 4.38. The summed E-state index contributed by atoms with van der Waals surface area (Å²) in [4.78, 5) is 9.98. The monoisotopic (exact) mass is 296 g/mol. The molecule has 21 heavy (non-hydrogen) atoms. The van der Waals surface area contributed by atoms with Crippen LogP contribution in [-0.2, 0) is 13.1 Å². The van der Waals surface area contributed by atoms with Crippen LogP contribution in [-0.4, -0.2) is 4.92 Å². The largest absolute Gasteiger partial charge is 0.309 e. The van der Waals surface area contributed by atoms with E-state index in [-0.39, 0.29) is 17.8 Å². The van der Waals surface area contributed by atoms with Crippen molar-refractivity contribution in [2.24, 2.45) is 0 Å². The van der Waals surface area contributed by atoms with Gasteiger partial charge in [0.05, 0.1) is 4.92 Å². The molecule has 0 aromatic heterocycles. The van der Waals surface area contributed by atoms with Crippen molar-refractivity contribution in [1.82, 2.24) is 5.32 Å². The molecule has 2 aromatic rings. The maximum atomic E-state index is 13.4. The molecule has 0 amide bonds. The Morgan fingerprint density at radius 3 is 2.19 bits per heavy atom. The van der Waals surface area contributed by atoms with E-state index in [1.807, 2.05) is 0 Å². The first-order chi connectivity index (χ1) is 9.97. The zero-order valence-corrected chi connectivity index (χ0v) is 10.8. The highest BCUT2D eigenvalue weighted by atomic mass is 19.2. The Bertz CT molecular complexity index is 660. The standard InChI is InChI=1S/C14H11F3N2O2/c15-12-6-14(17)13(16)5-10(12)8-18-7-9-1-3-11(4-2-9)19(20)21/h1-6,18H,7-8H2. The van der Waals surface area contributed by atoms with Crippen LogP contribution in [0.3, 0.4) is 0 Å². The minimum absolute atomic E-state index is 0.0100. The SMILES string of the molecule is O=[N+]([O-])c1ccc(CNCc2cc(F)c(F)cc2F)cc1. The molecule has 0 atom stereocenters. The molecule has 0 saturated heterocycles. The van der Waals surface area contributed by atoms with Crippen molar-refractivity contribution in [3.05, 3.63) is 75.1 Å². The zero-order chi connectivity index (χ0) is 15.4. The van der Waals surface area contributed by atoms with Gasteiger partial charge < -0.3 is 5.32 Å². The number of non-ortho nitro benzene ring substituents is 1. The number of nitrogens with one attached hydrogen (secondary N) is 1. The summed E-state index contributed by atoms with van der Waals surface area (Å²) in [5, 5.41) is 13.3. The molecule has 2 rings (SSSR count). The third kappa shape index (κ3) is 3.79. The molecular formula is C14H11F3N2O2. The summed E-state index contributed by atoms with van der Waals surface area (Å²) in [6.45, 7) is 0.330. The van der Waals surface area contributed by atoms with Gasteiger partial charge in [-0.2, -0.15) is 0 Å². The van der Waals surface area contributed by atoms with Crippen molar-refractivity contribution >= 4 is 5.69 Å². The number of nitro benzene ring substituents is 1. The van der Waals surface area contributed by atoms with E-state index in [4.69, 9.17) is 0 Å². The molecule has 1 N–H and O–H groups in total. The molecule has 0 heterocycles. The van der Waals surface area contributed by atoms with Gasteiger partial charge in [-0.15, -0.1) is 0 Å². The Labute approximate surface area is 118 Å². The fourth-order valence-electron chi connectivity index (χ4n) is 1.78. The van der Waals surface area contributed by atoms with Crippen molar-refractivity contribution < 1.29 is 18.1 Å². The molecule has 0 bridgehead atoms. The third-order valence-electron chi connectivity index (χ3n) is 2.88. The van der Waals surface area contributed by atoms with Crippen LogP contribution in [0.25, 0.3) is 0 Å². The Hall–Kier alpha value is -2.41. The summed E-state index contributed by atoms with van der Waals surface area (Å²) in [6, 6.07) is 7.13. The summed E-state index contributed by atoms with van der Waals surface area (Å²) in [5.74, 6) is -3.17. The Morgan fingerprint density at radius 1 is 0.952 bits per heavy atom. The van der Waals surface area contributed by atoms with E-state index in [9.17, 15) is 23.3 Å². The minimum Gasteiger partial charge on any atom is -0.309 e. The van der Waals surface area contributed by atoms with Gasteiger partial charge in [-0.1, -0.05) is 12.1 Å². The van der Waals surface area contributed by atoms with Gasteiger partial charge in [0.2, 0.25) is 0 Å².